The first-order chi connectivity index (χ1) is 9.20. The number of nitrogens with zero attached hydrogens (tertiary/aromatic N) is 2. The van der Waals surface area contributed by atoms with Crippen LogP contribution in [0.5, 0.6) is 0 Å². The largest absolute Gasteiger partial charge is 0.308 e. The monoisotopic (exact) mass is 283 g/mol. The average molecular weight is 283 g/mol. The summed E-state index contributed by atoms with van der Waals surface area (Å²) in [6.07, 6.45) is 3.08. The van der Waals surface area contributed by atoms with Crippen LogP contribution in [0.2, 0.25) is 0 Å². The molecule has 0 saturated carbocycles. The molecule has 2 rings (SSSR count). The van der Waals surface area contributed by atoms with E-state index in [0.29, 0.717) is 12.0 Å². The third-order valence-corrected chi connectivity index (χ3v) is 3.31. The highest BCUT2D eigenvalue weighted by Gasteiger charge is 2.16. The molecular weight excluding hydrogens is 268 g/mol. The first-order valence-electron chi connectivity index (χ1n) is 6.15. The molecular formula is C13H15F2N3S. The van der Waals surface area contributed by atoms with Crippen LogP contribution in [-0.4, -0.2) is 15.3 Å². The van der Waals surface area contributed by atoms with Crippen LogP contribution >= 0.6 is 11.7 Å². The SMILES string of the molecule is CCCNC(Cc1ccc(F)cc1F)c1cnsn1. The summed E-state index contributed by atoms with van der Waals surface area (Å²) in [5.41, 5.74) is 1.27. The zero-order valence-electron chi connectivity index (χ0n) is 10.6. The van der Waals surface area contributed by atoms with Crippen molar-refractivity contribution in [3.05, 3.63) is 47.3 Å². The molecule has 0 bridgehead atoms. The summed E-state index contributed by atoms with van der Waals surface area (Å²) < 4.78 is 34.7. The number of halogens is 2. The molecule has 0 aliphatic rings. The highest BCUT2D eigenvalue weighted by atomic mass is 32.1. The quantitative estimate of drug-likeness (QED) is 0.885. The van der Waals surface area contributed by atoms with Gasteiger partial charge in [0.2, 0.25) is 0 Å². The molecule has 0 amide bonds. The van der Waals surface area contributed by atoms with Crippen molar-refractivity contribution in [2.75, 3.05) is 6.54 Å². The maximum absolute atomic E-state index is 13.7. The van der Waals surface area contributed by atoms with Gasteiger partial charge in [-0.05, 0) is 31.0 Å². The topological polar surface area (TPSA) is 37.8 Å². The second-order valence-electron chi connectivity index (χ2n) is 4.28. The van der Waals surface area contributed by atoms with E-state index < -0.39 is 11.6 Å². The molecule has 0 spiro atoms. The molecule has 19 heavy (non-hydrogen) atoms. The van der Waals surface area contributed by atoms with Gasteiger partial charge in [0.25, 0.3) is 0 Å². The van der Waals surface area contributed by atoms with Gasteiger partial charge in [0.05, 0.1) is 29.7 Å². The van der Waals surface area contributed by atoms with Crippen molar-refractivity contribution in [3.63, 3.8) is 0 Å². The third-order valence-electron chi connectivity index (χ3n) is 2.82. The van der Waals surface area contributed by atoms with E-state index in [1.165, 1.54) is 12.1 Å². The molecule has 6 heteroatoms. The number of nitrogens with one attached hydrogen (secondary N) is 1. The minimum Gasteiger partial charge on any atom is -0.308 e. The van der Waals surface area contributed by atoms with Crippen LogP contribution in [0.15, 0.2) is 24.4 Å². The van der Waals surface area contributed by atoms with Crippen LogP contribution in [0.25, 0.3) is 0 Å². The summed E-state index contributed by atoms with van der Waals surface area (Å²) in [6, 6.07) is 3.56. The highest BCUT2D eigenvalue weighted by Crippen LogP contribution is 2.19. The van der Waals surface area contributed by atoms with Crippen LogP contribution in [0.1, 0.15) is 30.6 Å². The van der Waals surface area contributed by atoms with Crippen molar-refractivity contribution in [2.45, 2.75) is 25.8 Å². The van der Waals surface area contributed by atoms with Crippen LogP contribution < -0.4 is 5.32 Å². The summed E-state index contributed by atoms with van der Waals surface area (Å²) in [5.74, 6) is -1.08. The Balaban J connectivity index is 2.15. The highest BCUT2D eigenvalue weighted by molar-refractivity contribution is 6.99. The lowest BCUT2D eigenvalue weighted by Crippen LogP contribution is -2.24. The number of aromatic nitrogens is 2. The summed E-state index contributed by atoms with van der Waals surface area (Å²) in [5, 5.41) is 3.31. The van der Waals surface area contributed by atoms with Crippen LogP contribution in [0.4, 0.5) is 8.78 Å². The summed E-state index contributed by atoms with van der Waals surface area (Å²) >= 11 is 1.12. The Morgan fingerprint density at radius 2 is 2.21 bits per heavy atom. The van der Waals surface area contributed by atoms with E-state index in [2.05, 4.69) is 21.0 Å². The smallest absolute Gasteiger partial charge is 0.129 e. The van der Waals surface area contributed by atoms with E-state index in [9.17, 15) is 8.78 Å². The van der Waals surface area contributed by atoms with Gasteiger partial charge in [0, 0.05) is 6.07 Å². The van der Waals surface area contributed by atoms with Gasteiger partial charge in [-0.15, -0.1) is 0 Å². The first-order valence-corrected chi connectivity index (χ1v) is 6.88. The van der Waals surface area contributed by atoms with Gasteiger partial charge < -0.3 is 5.32 Å². The zero-order chi connectivity index (χ0) is 13.7. The average Bonchev–Trinajstić information content (AvgIpc) is 2.90. The predicted octanol–water partition coefficient (Wildman–Crippen LogP) is 3.10. The fourth-order valence-corrected chi connectivity index (χ4v) is 2.30. The summed E-state index contributed by atoms with van der Waals surface area (Å²) in [7, 11) is 0. The maximum Gasteiger partial charge on any atom is 0.129 e. The van der Waals surface area contributed by atoms with Gasteiger partial charge in [-0.25, -0.2) is 8.78 Å². The molecule has 3 nitrogen and oxygen atoms in total. The second kappa shape index (κ2) is 6.68. The van der Waals surface area contributed by atoms with Crippen molar-refractivity contribution in [2.24, 2.45) is 0 Å². The molecule has 1 aromatic heterocycles. The van der Waals surface area contributed by atoms with Crippen molar-refractivity contribution in [1.82, 2.24) is 14.1 Å². The molecule has 0 saturated heterocycles. The van der Waals surface area contributed by atoms with Crippen molar-refractivity contribution in [3.8, 4) is 0 Å². The van der Waals surface area contributed by atoms with Crippen molar-refractivity contribution in [1.29, 1.82) is 0 Å². The van der Waals surface area contributed by atoms with Gasteiger partial charge in [-0.3, -0.25) is 0 Å². The minimum absolute atomic E-state index is 0.0985. The fraction of sp³-hybridized carbons (Fsp3) is 0.385. The summed E-state index contributed by atoms with van der Waals surface area (Å²) in [6.45, 7) is 2.87. The molecule has 0 aliphatic heterocycles. The Kier molecular flexibility index (Phi) is 4.93. The van der Waals surface area contributed by atoms with Gasteiger partial charge in [0.15, 0.2) is 0 Å². The maximum atomic E-state index is 13.7. The Hall–Kier alpha value is -1.40. The van der Waals surface area contributed by atoms with Gasteiger partial charge in [-0.2, -0.15) is 8.75 Å². The van der Waals surface area contributed by atoms with E-state index in [-0.39, 0.29) is 6.04 Å². The molecule has 1 atom stereocenters. The third kappa shape index (κ3) is 3.78. The molecule has 2 aromatic rings. The van der Waals surface area contributed by atoms with Crippen LogP contribution in [0, 0.1) is 11.6 Å². The molecule has 0 radical (unpaired) electrons. The van der Waals surface area contributed by atoms with Crippen molar-refractivity contribution < 1.29 is 8.78 Å². The molecule has 102 valence electrons. The predicted molar refractivity (Wildman–Crippen MR) is 71.0 cm³/mol. The molecule has 1 unspecified atom stereocenters. The number of hydrogen-bond donors (Lipinski definition) is 1. The lowest BCUT2D eigenvalue weighted by atomic mass is 10.0. The van der Waals surface area contributed by atoms with Gasteiger partial charge in [-0.1, -0.05) is 13.0 Å². The number of hydrogen-bond acceptors (Lipinski definition) is 4. The zero-order valence-corrected chi connectivity index (χ0v) is 11.4. The van der Waals surface area contributed by atoms with E-state index in [4.69, 9.17) is 0 Å². The van der Waals surface area contributed by atoms with E-state index in [0.717, 1.165) is 36.5 Å². The molecule has 1 aromatic carbocycles. The second-order valence-corrected chi connectivity index (χ2v) is 4.84. The van der Waals surface area contributed by atoms with Crippen molar-refractivity contribution >= 4 is 11.7 Å². The molecule has 1 heterocycles. The molecule has 0 fully saturated rings. The lowest BCUT2D eigenvalue weighted by molar-refractivity contribution is 0.502. The lowest BCUT2D eigenvalue weighted by Gasteiger charge is -2.16. The fourth-order valence-electron chi connectivity index (χ4n) is 1.83. The summed E-state index contributed by atoms with van der Waals surface area (Å²) in [4.78, 5) is 0. The van der Waals surface area contributed by atoms with Crippen LogP contribution in [0.3, 0.4) is 0 Å². The molecule has 0 aliphatic carbocycles. The van der Waals surface area contributed by atoms with E-state index >= 15 is 0 Å². The number of benzene rings is 1. The Bertz CT molecular complexity index is 517. The van der Waals surface area contributed by atoms with Gasteiger partial charge in [0.1, 0.15) is 11.6 Å². The van der Waals surface area contributed by atoms with E-state index in [1.54, 1.807) is 6.20 Å². The van der Waals surface area contributed by atoms with Gasteiger partial charge >= 0.3 is 0 Å². The molecule has 1 N–H and O–H groups in total. The standard InChI is InChI=1S/C13H15F2N3S/c1-2-5-16-12(13-8-17-19-18-13)6-9-3-4-10(14)7-11(9)15/h3-4,7-8,12,16H,2,5-6H2,1H3. The Labute approximate surface area is 115 Å². The number of rotatable bonds is 6. The Morgan fingerprint density at radius 3 is 2.84 bits per heavy atom. The normalized spacial score (nSPS) is 12.6. The Morgan fingerprint density at radius 1 is 1.37 bits per heavy atom. The van der Waals surface area contributed by atoms with Crippen LogP contribution in [-0.2, 0) is 6.42 Å². The first kappa shape index (κ1) is 14.0. The van der Waals surface area contributed by atoms with E-state index in [1.807, 2.05) is 0 Å². The minimum atomic E-state index is -0.561.